The first kappa shape index (κ1) is 14.3. The van der Waals surface area contributed by atoms with E-state index < -0.39 is 16.2 Å². The summed E-state index contributed by atoms with van der Waals surface area (Å²) in [6.45, 7) is 1.69. The molecule has 112 valence electrons. The van der Waals surface area contributed by atoms with Crippen molar-refractivity contribution in [2.45, 2.75) is 13.5 Å². The molecular weight excluding hydrogens is 308 g/mol. The van der Waals surface area contributed by atoms with Gasteiger partial charge in [0.1, 0.15) is 5.65 Å². The third-order valence-electron chi connectivity index (χ3n) is 3.32. The molecule has 3 heterocycles. The van der Waals surface area contributed by atoms with Crippen molar-refractivity contribution >= 4 is 22.9 Å². The Morgan fingerprint density at radius 3 is 2.82 bits per heavy atom. The highest BCUT2D eigenvalue weighted by Crippen LogP contribution is 2.14. The Morgan fingerprint density at radius 1 is 1.32 bits per heavy atom. The second-order valence-corrected chi connectivity index (χ2v) is 5.32. The second kappa shape index (κ2) is 5.27. The van der Waals surface area contributed by atoms with Gasteiger partial charge in [-0.2, -0.15) is 0 Å². The molecule has 0 amide bonds. The lowest BCUT2D eigenvalue weighted by Crippen LogP contribution is -2.23. The molecule has 3 aromatic heterocycles. The lowest BCUT2D eigenvalue weighted by molar-refractivity contribution is -0.387. The zero-order valence-electron chi connectivity index (χ0n) is 11.6. The molecule has 3 rings (SSSR count). The Morgan fingerprint density at radius 2 is 2.09 bits per heavy atom. The van der Waals surface area contributed by atoms with Gasteiger partial charge < -0.3 is 8.97 Å². The fraction of sp³-hybridized carbons (Fsp3) is 0.143. The standard InChI is InChI=1S/C14H11ClN4O3/c1-9-4-5-17(14(20)13(9)19(21)22)7-11-8-18-6-10(15)2-3-12(18)16-11/h2-6,8H,7H2,1H3. The van der Waals surface area contributed by atoms with Crippen molar-refractivity contribution in [2.24, 2.45) is 0 Å². The second-order valence-electron chi connectivity index (χ2n) is 4.88. The molecule has 0 aliphatic rings. The van der Waals surface area contributed by atoms with Gasteiger partial charge in [-0.25, -0.2) is 4.98 Å². The van der Waals surface area contributed by atoms with E-state index in [4.69, 9.17) is 11.6 Å². The lowest BCUT2D eigenvalue weighted by Gasteiger charge is -2.04. The summed E-state index contributed by atoms with van der Waals surface area (Å²) in [6.07, 6.45) is 4.97. The minimum atomic E-state index is -0.655. The van der Waals surface area contributed by atoms with Crippen LogP contribution in [0.5, 0.6) is 0 Å². The van der Waals surface area contributed by atoms with E-state index in [9.17, 15) is 14.9 Å². The summed E-state index contributed by atoms with van der Waals surface area (Å²) in [4.78, 5) is 26.9. The van der Waals surface area contributed by atoms with Crippen LogP contribution >= 0.6 is 11.6 Å². The number of imidazole rings is 1. The molecule has 0 radical (unpaired) electrons. The Labute approximate surface area is 129 Å². The van der Waals surface area contributed by atoms with Crippen LogP contribution in [0.15, 0.2) is 41.6 Å². The number of pyridine rings is 2. The van der Waals surface area contributed by atoms with Crippen LogP contribution in [-0.2, 0) is 6.54 Å². The molecule has 0 saturated heterocycles. The monoisotopic (exact) mass is 318 g/mol. The number of hydrogen-bond donors (Lipinski definition) is 0. The van der Waals surface area contributed by atoms with Gasteiger partial charge in [0.25, 0.3) is 0 Å². The van der Waals surface area contributed by atoms with Gasteiger partial charge in [0.05, 0.1) is 22.2 Å². The summed E-state index contributed by atoms with van der Waals surface area (Å²) in [6, 6.07) is 5.02. The van der Waals surface area contributed by atoms with E-state index in [-0.39, 0.29) is 6.54 Å². The van der Waals surface area contributed by atoms with Crippen LogP contribution in [0.1, 0.15) is 11.3 Å². The molecule has 0 aliphatic heterocycles. The largest absolute Gasteiger partial charge is 0.336 e. The summed E-state index contributed by atoms with van der Waals surface area (Å²) in [7, 11) is 0. The average Bonchev–Trinajstić information content (AvgIpc) is 2.83. The number of fused-ring (bicyclic) bond motifs is 1. The van der Waals surface area contributed by atoms with Crippen molar-refractivity contribution in [3.05, 3.63) is 73.5 Å². The molecule has 0 aromatic carbocycles. The molecule has 0 bridgehead atoms. The van der Waals surface area contributed by atoms with Crippen LogP contribution in [0.4, 0.5) is 5.69 Å². The Balaban J connectivity index is 2.03. The molecule has 0 atom stereocenters. The molecule has 7 nitrogen and oxygen atoms in total. The number of nitrogens with zero attached hydrogens (tertiary/aromatic N) is 4. The molecular formula is C14H11ClN4O3. The van der Waals surface area contributed by atoms with Crippen molar-refractivity contribution in [2.75, 3.05) is 0 Å². The van der Waals surface area contributed by atoms with E-state index in [1.165, 1.54) is 17.7 Å². The first-order valence-corrected chi connectivity index (χ1v) is 6.81. The Bertz CT molecular complexity index is 945. The SMILES string of the molecule is Cc1ccn(Cc2cn3cc(Cl)ccc3n2)c(=O)c1[N+](=O)[O-]. The average molecular weight is 319 g/mol. The molecule has 0 unspecified atom stereocenters. The van der Waals surface area contributed by atoms with Gasteiger partial charge in [0, 0.05) is 24.2 Å². The van der Waals surface area contributed by atoms with Gasteiger partial charge in [-0.1, -0.05) is 11.6 Å². The van der Waals surface area contributed by atoms with E-state index in [1.54, 1.807) is 35.0 Å². The highest BCUT2D eigenvalue weighted by Gasteiger charge is 2.18. The summed E-state index contributed by atoms with van der Waals surface area (Å²) in [5, 5.41) is 11.6. The fourth-order valence-corrected chi connectivity index (χ4v) is 2.44. The first-order valence-electron chi connectivity index (χ1n) is 6.43. The van der Waals surface area contributed by atoms with Gasteiger partial charge in [0.15, 0.2) is 0 Å². The highest BCUT2D eigenvalue weighted by molar-refractivity contribution is 6.30. The van der Waals surface area contributed by atoms with Gasteiger partial charge in [0.2, 0.25) is 0 Å². The number of aromatic nitrogens is 3. The van der Waals surface area contributed by atoms with Crippen molar-refractivity contribution < 1.29 is 4.92 Å². The maximum atomic E-state index is 12.2. The Hall–Kier alpha value is -2.67. The van der Waals surface area contributed by atoms with Crippen LogP contribution in [0.3, 0.4) is 0 Å². The van der Waals surface area contributed by atoms with Crippen molar-refractivity contribution in [1.29, 1.82) is 0 Å². The van der Waals surface area contributed by atoms with Crippen LogP contribution in [0.2, 0.25) is 5.02 Å². The number of aryl methyl sites for hydroxylation is 1. The number of halogens is 1. The number of rotatable bonds is 3. The minimum Gasteiger partial charge on any atom is -0.305 e. The van der Waals surface area contributed by atoms with E-state index in [0.29, 0.717) is 21.9 Å². The molecule has 0 N–H and O–H groups in total. The van der Waals surface area contributed by atoms with Crippen LogP contribution in [0.25, 0.3) is 5.65 Å². The van der Waals surface area contributed by atoms with E-state index in [1.807, 2.05) is 0 Å². The van der Waals surface area contributed by atoms with Gasteiger partial charge in [-0.05, 0) is 25.1 Å². The molecule has 22 heavy (non-hydrogen) atoms. The van der Waals surface area contributed by atoms with Crippen LogP contribution in [-0.4, -0.2) is 18.9 Å². The third kappa shape index (κ3) is 2.46. The van der Waals surface area contributed by atoms with Crippen molar-refractivity contribution in [1.82, 2.24) is 14.0 Å². The number of hydrogen-bond acceptors (Lipinski definition) is 4. The minimum absolute atomic E-state index is 0.152. The zero-order chi connectivity index (χ0) is 15.9. The normalized spacial score (nSPS) is 11.0. The quantitative estimate of drug-likeness (QED) is 0.548. The zero-order valence-corrected chi connectivity index (χ0v) is 12.3. The van der Waals surface area contributed by atoms with Gasteiger partial charge >= 0.3 is 11.2 Å². The van der Waals surface area contributed by atoms with E-state index in [0.717, 1.165) is 0 Å². The van der Waals surface area contributed by atoms with E-state index >= 15 is 0 Å². The molecule has 0 fully saturated rings. The van der Waals surface area contributed by atoms with Crippen LogP contribution in [0, 0.1) is 17.0 Å². The molecule has 3 aromatic rings. The lowest BCUT2D eigenvalue weighted by atomic mass is 10.2. The third-order valence-corrected chi connectivity index (χ3v) is 3.54. The smallest absolute Gasteiger partial charge is 0.305 e. The van der Waals surface area contributed by atoms with Crippen LogP contribution < -0.4 is 5.56 Å². The summed E-state index contributed by atoms with van der Waals surface area (Å²) < 4.78 is 3.01. The predicted octanol–water partition coefficient (Wildman–Crippen LogP) is 2.41. The summed E-state index contributed by atoms with van der Waals surface area (Å²) in [5.41, 5.74) is 0.596. The number of nitro groups is 1. The topological polar surface area (TPSA) is 82.4 Å². The molecule has 0 spiro atoms. The molecule has 0 aliphatic carbocycles. The Kier molecular flexibility index (Phi) is 3.42. The van der Waals surface area contributed by atoms with Gasteiger partial charge in [-0.3, -0.25) is 14.9 Å². The van der Waals surface area contributed by atoms with Crippen molar-refractivity contribution in [3.8, 4) is 0 Å². The van der Waals surface area contributed by atoms with Crippen molar-refractivity contribution in [3.63, 3.8) is 0 Å². The first-order chi connectivity index (χ1) is 10.5. The summed E-state index contributed by atoms with van der Waals surface area (Å²) >= 11 is 5.91. The van der Waals surface area contributed by atoms with Gasteiger partial charge in [-0.15, -0.1) is 0 Å². The molecule has 8 heteroatoms. The predicted molar refractivity (Wildman–Crippen MR) is 81.4 cm³/mol. The highest BCUT2D eigenvalue weighted by atomic mass is 35.5. The molecule has 0 saturated carbocycles. The maximum absolute atomic E-state index is 12.2. The summed E-state index contributed by atoms with van der Waals surface area (Å²) in [5.74, 6) is 0. The van der Waals surface area contributed by atoms with E-state index in [2.05, 4.69) is 4.98 Å². The maximum Gasteiger partial charge on any atom is 0.336 e. The fourth-order valence-electron chi connectivity index (χ4n) is 2.27.